The van der Waals surface area contributed by atoms with Crippen molar-refractivity contribution in [2.24, 2.45) is 0 Å². The van der Waals surface area contributed by atoms with Crippen molar-refractivity contribution in [1.29, 1.82) is 0 Å². The van der Waals surface area contributed by atoms with Crippen LogP contribution in [0.2, 0.25) is 0 Å². The van der Waals surface area contributed by atoms with Crippen LogP contribution < -0.4 is 10.2 Å². The molecule has 1 N–H and O–H groups in total. The molecule has 1 aliphatic heterocycles. The molecule has 1 aromatic carbocycles. The highest BCUT2D eigenvalue weighted by Gasteiger charge is 2.18. The van der Waals surface area contributed by atoms with Gasteiger partial charge in [0.1, 0.15) is 0 Å². The molecule has 76 valence electrons. The van der Waals surface area contributed by atoms with Crippen molar-refractivity contribution >= 4 is 5.69 Å². The minimum Gasteiger partial charge on any atom is -0.366 e. The van der Waals surface area contributed by atoms with Gasteiger partial charge in [0.25, 0.3) is 0 Å². The Morgan fingerprint density at radius 2 is 1.87 bits per heavy atom. The Bertz CT molecular complexity index is 404. The smallest absolute Gasteiger partial charge is 0.0926 e. The third kappa shape index (κ3) is 1.66. The first-order chi connectivity index (χ1) is 7.36. The molecule has 0 amide bonds. The molecule has 1 aliphatic rings. The average Bonchev–Trinajstić information content (AvgIpc) is 2.72. The van der Waals surface area contributed by atoms with Gasteiger partial charge in [-0.15, -0.1) is 0 Å². The first-order valence-electron chi connectivity index (χ1n) is 4.92. The van der Waals surface area contributed by atoms with E-state index in [9.17, 15) is 0 Å². The fraction of sp³-hybridized carbons (Fsp3) is 0.0769. The summed E-state index contributed by atoms with van der Waals surface area (Å²) < 4.78 is 0. The Labute approximate surface area is 90.2 Å². The summed E-state index contributed by atoms with van der Waals surface area (Å²) in [5, 5.41) is 3.27. The number of nitrogens with one attached hydrogen (secondary N) is 1. The average molecular weight is 198 g/mol. The van der Waals surface area contributed by atoms with Crippen LogP contribution in [0.5, 0.6) is 0 Å². The number of rotatable bonds is 3. The van der Waals surface area contributed by atoms with E-state index < -0.39 is 0 Å². The monoisotopic (exact) mass is 198 g/mol. The Morgan fingerprint density at radius 1 is 1.13 bits per heavy atom. The summed E-state index contributed by atoms with van der Waals surface area (Å²) in [4.78, 5) is 2.17. The molecule has 1 heterocycles. The highest BCUT2D eigenvalue weighted by Crippen LogP contribution is 2.24. The van der Waals surface area contributed by atoms with Crippen molar-refractivity contribution in [2.45, 2.75) is 0 Å². The summed E-state index contributed by atoms with van der Waals surface area (Å²) in [6, 6.07) is 10.2. The van der Waals surface area contributed by atoms with Crippen LogP contribution in [-0.4, -0.2) is 6.67 Å². The van der Waals surface area contributed by atoms with E-state index in [1.54, 1.807) is 0 Å². The molecule has 0 atom stereocenters. The van der Waals surface area contributed by atoms with Crippen molar-refractivity contribution in [3.05, 3.63) is 67.0 Å². The molecule has 15 heavy (non-hydrogen) atoms. The number of nitrogens with zero attached hydrogens (tertiary/aromatic N) is 1. The second-order valence-electron chi connectivity index (χ2n) is 3.31. The van der Waals surface area contributed by atoms with E-state index in [2.05, 4.69) is 35.5 Å². The molecule has 2 heteroatoms. The van der Waals surface area contributed by atoms with Gasteiger partial charge in [-0.25, -0.2) is 0 Å². The van der Waals surface area contributed by atoms with E-state index in [1.165, 1.54) is 0 Å². The lowest BCUT2D eigenvalue weighted by Crippen LogP contribution is -2.22. The summed E-state index contributed by atoms with van der Waals surface area (Å²) in [7, 11) is 0. The number of hydrogen-bond acceptors (Lipinski definition) is 2. The largest absolute Gasteiger partial charge is 0.366 e. The Hall–Kier alpha value is -1.96. The normalized spacial score (nSPS) is 15.1. The lowest BCUT2D eigenvalue weighted by Gasteiger charge is -2.18. The van der Waals surface area contributed by atoms with Crippen LogP contribution in [0.15, 0.2) is 67.0 Å². The van der Waals surface area contributed by atoms with Crippen molar-refractivity contribution in [3.63, 3.8) is 0 Å². The van der Waals surface area contributed by atoms with Gasteiger partial charge in [0, 0.05) is 5.69 Å². The minimum absolute atomic E-state index is 0.771. The first kappa shape index (κ1) is 9.59. The summed E-state index contributed by atoms with van der Waals surface area (Å²) in [6.45, 7) is 8.37. The summed E-state index contributed by atoms with van der Waals surface area (Å²) >= 11 is 0. The molecule has 1 aromatic rings. The highest BCUT2D eigenvalue weighted by molar-refractivity contribution is 5.58. The molecule has 0 radical (unpaired) electrons. The third-order valence-corrected chi connectivity index (χ3v) is 2.46. The van der Waals surface area contributed by atoms with E-state index in [0.29, 0.717) is 0 Å². The van der Waals surface area contributed by atoms with E-state index in [0.717, 1.165) is 23.8 Å². The van der Waals surface area contributed by atoms with E-state index >= 15 is 0 Å². The number of allylic oxidation sites excluding steroid dienone is 2. The second kappa shape index (κ2) is 4.05. The number of hydrogen-bond donors (Lipinski definition) is 1. The molecular weight excluding hydrogens is 184 g/mol. The maximum Gasteiger partial charge on any atom is 0.0926 e. The SMILES string of the molecule is C=CC1=C(C=C)N(c2ccccc2)CN1. The van der Waals surface area contributed by atoms with Crippen LogP contribution >= 0.6 is 0 Å². The highest BCUT2D eigenvalue weighted by atomic mass is 15.3. The topological polar surface area (TPSA) is 15.3 Å². The number of anilines is 1. The summed E-state index contributed by atoms with van der Waals surface area (Å²) in [6.07, 6.45) is 3.67. The van der Waals surface area contributed by atoms with Crippen molar-refractivity contribution in [3.8, 4) is 0 Å². The van der Waals surface area contributed by atoms with Crippen LogP contribution in [0.1, 0.15) is 0 Å². The molecule has 2 nitrogen and oxygen atoms in total. The van der Waals surface area contributed by atoms with Crippen LogP contribution in [0.4, 0.5) is 5.69 Å². The van der Waals surface area contributed by atoms with Gasteiger partial charge < -0.3 is 10.2 Å². The fourth-order valence-corrected chi connectivity index (χ4v) is 1.72. The molecule has 0 spiro atoms. The third-order valence-electron chi connectivity index (χ3n) is 2.46. The second-order valence-corrected chi connectivity index (χ2v) is 3.31. The van der Waals surface area contributed by atoms with Crippen LogP contribution in [-0.2, 0) is 0 Å². The van der Waals surface area contributed by atoms with Gasteiger partial charge in [0.2, 0.25) is 0 Å². The van der Waals surface area contributed by atoms with Gasteiger partial charge in [-0.2, -0.15) is 0 Å². The van der Waals surface area contributed by atoms with Gasteiger partial charge in [-0.1, -0.05) is 31.4 Å². The van der Waals surface area contributed by atoms with Gasteiger partial charge in [-0.3, -0.25) is 0 Å². The van der Waals surface area contributed by atoms with Gasteiger partial charge in [-0.05, 0) is 24.3 Å². The molecule has 0 aromatic heterocycles. The molecular formula is C13H14N2. The maximum atomic E-state index is 3.83. The number of para-hydroxylation sites is 1. The quantitative estimate of drug-likeness (QED) is 0.803. The van der Waals surface area contributed by atoms with Crippen LogP contribution in [0, 0.1) is 0 Å². The molecule has 0 unspecified atom stereocenters. The predicted molar refractivity (Wildman–Crippen MR) is 64.3 cm³/mol. The molecule has 0 saturated heterocycles. The lowest BCUT2D eigenvalue weighted by molar-refractivity contribution is 0.875. The van der Waals surface area contributed by atoms with E-state index in [-0.39, 0.29) is 0 Å². The Balaban J connectivity index is 2.37. The Morgan fingerprint density at radius 3 is 2.47 bits per heavy atom. The molecule has 0 fully saturated rings. The zero-order valence-electron chi connectivity index (χ0n) is 8.61. The summed E-state index contributed by atoms with van der Waals surface area (Å²) in [5.41, 5.74) is 3.28. The van der Waals surface area contributed by atoms with Crippen molar-refractivity contribution < 1.29 is 0 Å². The lowest BCUT2D eigenvalue weighted by atomic mass is 10.2. The standard InChI is InChI=1S/C13H14N2/c1-3-12-13(4-2)15(10-14-12)11-8-6-5-7-9-11/h3-9,14H,1-2,10H2. The Kier molecular flexibility index (Phi) is 2.59. The van der Waals surface area contributed by atoms with E-state index in [4.69, 9.17) is 0 Å². The van der Waals surface area contributed by atoms with Gasteiger partial charge >= 0.3 is 0 Å². The van der Waals surface area contributed by atoms with Gasteiger partial charge in [0.15, 0.2) is 0 Å². The zero-order chi connectivity index (χ0) is 10.7. The van der Waals surface area contributed by atoms with Gasteiger partial charge in [0.05, 0.1) is 18.1 Å². The zero-order valence-corrected chi connectivity index (χ0v) is 8.61. The number of benzene rings is 1. The predicted octanol–water partition coefficient (Wildman–Crippen LogP) is 2.64. The maximum absolute atomic E-state index is 3.83. The molecule has 2 rings (SSSR count). The summed E-state index contributed by atoms with van der Waals surface area (Å²) in [5.74, 6) is 0. The molecule has 0 saturated carbocycles. The van der Waals surface area contributed by atoms with Crippen molar-refractivity contribution in [1.82, 2.24) is 5.32 Å². The molecule has 0 aliphatic carbocycles. The van der Waals surface area contributed by atoms with Crippen molar-refractivity contribution in [2.75, 3.05) is 11.6 Å². The minimum atomic E-state index is 0.771. The van der Waals surface area contributed by atoms with E-state index in [1.807, 2.05) is 30.4 Å². The first-order valence-corrected chi connectivity index (χ1v) is 4.92. The molecule has 0 bridgehead atoms. The van der Waals surface area contributed by atoms with Crippen LogP contribution in [0.3, 0.4) is 0 Å². The fourth-order valence-electron chi connectivity index (χ4n) is 1.72. The van der Waals surface area contributed by atoms with Crippen LogP contribution in [0.25, 0.3) is 0 Å².